The summed E-state index contributed by atoms with van der Waals surface area (Å²) in [4.78, 5) is 4.17. The van der Waals surface area contributed by atoms with Gasteiger partial charge in [0.25, 0.3) is 0 Å². The summed E-state index contributed by atoms with van der Waals surface area (Å²) < 4.78 is 19.0. The molecule has 1 unspecified atom stereocenters. The molecule has 4 heteroatoms. The molecule has 2 aromatic rings. The van der Waals surface area contributed by atoms with Gasteiger partial charge in [0, 0.05) is 17.8 Å². The SMILES string of the molecule is CCOc1cncc(-c2cc(F)ccc2C(C)NC)c1. The predicted molar refractivity (Wildman–Crippen MR) is 78.3 cm³/mol. The van der Waals surface area contributed by atoms with Crippen LogP contribution in [0.4, 0.5) is 4.39 Å². The third-order valence-electron chi connectivity index (χ3n) is 3.25. The van der Waals surface area contributed by atoms with Gasteiger partial charge in [-0.2, -0.15) is 0 Å². The van der Waals surface area contributed by atoms with Gasteiger partial charge >= 0.3 is 0 Å². The van der Waals surface area contributed by atoms with Crippen LogP contribution < -0.4 is 10.1 Å². The minimum absolute atomic E-state index is 0.126. The summed E-state index contributed by atoms with van der Waals surface area (Å²) in [6.07, 6.45) is 3.39. The average molecular weight is 274 g/mol. The van der Waals surface area contributed by atoms with Crippen molar-refractivity contribution in [2.24, 2.45) is 0 Å². The Labute approximate surface area is 118 Å². The summed E-state index contributed by atoms with van der Waals surface area (Å²) in [5, 5.41) is 3.18. The Balaban J connectivity index is 2.50. The Morgan fingerprint density at radius 1 is 1.30 bits per heavy atom. The molecule has 0 fully saturated rings. The van der Waals surface area contributed by atoms with Gasteiger partial charge in [-0.1, -0.05) is 6.07 Å². The van der Waals surface area contributed by atoms with Crippen molar-refractivity contribution in [1.82, 2.24) is 10.3 Å². The number of nitrogens with one attached hydrogen (secondary N) is 1. The summed E-state index contributed by atoms with van der Waals surface area (Å²) in [6, 6.07) is 6.83. The van der Waals surface area contributed by atoms with Crippen LogP contribution in [0.5, 0.6) is 5.75 Å². The predicted octanol–water partition coefficient (Wildman–Crippen LogP) is 3.57. The van der Waals surface area contributed by atoms with Crippen molar-refractivity contribution in [3.05, 3.63) is 48.0 Å². The highest BCUT2D eigenvalue weighted by Crippen LogP contribution is 2.30. The maximum atomic E-state index is 13.6. The van der Waals surface area contributed by atoms with Gasteiger partial charge in [-0.3, -0.25) is 4.98 Å². The highest BCUT2D eigenvalue weighted by atomic mass is 19.1. The molecule has 0 saturated carbocycles. The molecular formula is C16H19FN2O. The van der Waals surface area contributed by atoms with Gasteiger partial charge in [-0.05, 0) is 50.2 Å². The normalized spacial score (nSPS) is 12.2. The van der Waals surface area contributed by atoms with Crippen molar-refractivity contribution >= 4 is 0 Å². The summed E-state index contributed by atoms with van der Waals surface area (Å²) in [7, 11) is 1.88. The van der Waals surface area contributed by atoms with Gasteiger partial charge in [0.2, 0.25) is 0 Å². The van der Waals surface area contributed by atoms with E-state index >= 15 is 0 Å². The Bertz CT molecular complexity index is 586. The monoisotopic (exact) mass is 274 g/mol. The van der Waals surface area contributed by atoms with Crippen LogP contribution in [-0.4, -0.2) is 18.6 Å². The first-order chi connectivity index (χ1) is 9.65. The van der Waals surface area contributed by atoms with Crippen LogP contribution in [0.1, 0.15) is 25.5 Å². The first-order valence-corrected chi connectivity index (χ1v) is 6.70. The highest BCUT2D eigenvalue weighted by Gasteiger charge is 2.12. The minimum Gasteiger partial charge on any atom is -0.492 e. The number of pyridine rings is 1. The molecule has 0 saturated heterocycles. The van der Waals surface area contributed by atoms with Gasteiger partial charge in [0.15, 0.2) is 0 Å². The number of hydrogen-bond acceptors (Lipinski definition) is 3. The molecule has 20 heavy (non-hydrogen) atoms. The number of aromatic nitrogens is 1. The van der Waals surface area contributed by atoms with Crippen molar-refractivity contribution in [3.8, 4) is 16.9 Å². The first-order valence-electron chi connectivity index (χ1n) is 6.70. The lowest BCUT2D eigenvalue weighted by molar-refractivity contribution is 0.339. The molecule has 0 aliphatic rings. The zero-order valence-electron chi connectivity index (χ0n) is 12.0. The molecule has 3 nitrogen and oxygen atoms in total. The van der Waals surface area contributed by atoms with E-state index in [-0.39, 0.29) is 11.9 Å². The molecule has 0 aliphatic heterocycles. The lowest BCUT2D eigenvalue weighted by Crippen LogP contribution is -2.13. The van der Waals surface area contributed by atoms with Crippen LogP contribution in [-0.2, 0) is 0 Å². The number of ether oxygens (including phenoxy) is 1. The Kier molecular flexibility index (Phi) is 4.69. The van der Waals surface area contributed by atoms with Crippen LogP contribution >= 0.6 is 0 Å². The fourth-order valence-corrected chi connectivity index (χ4v) is 2.12. The Hall–Kier alpha value is -1.94. The largest absolute Gasteiger partial charge is 0.492 e. The maximum Gasteiger partial charge on any atom is 0.138 e. The van der Waals surface area contributed by atoms with Crippen molar-refractivity contribution in [3.63, 3.8) is 0 Å². The van der Waals surface area contributed by atoms with Crippen molar-refractivity contribution in [2.45, 2.75) is 19.9 Å². The van der Waals surface area contributed by atoms with E-state index in [1.54, 1.807) is 18.5 Å². The van der Waals surface area contributed by atoms with Crippen LogP contribution in [0.3, 0.4) is 0 Å². The maximum absolute atomic E-state index is 13.6. The summed E-state index contributed by atoms with van der Waals surface area (Å²) in [5.41, 5.74) is 2.72. The lowest BCUT2D eigenvalue weighted by atomic mass is 9.96. The summed E-state index contributed by atoms with van der Waals surface area (Å²) in [5.74, 6) is 0.436. The second-order valence-corrected chi connectivity index (χ2v) is 4.58. The molecule has 0 radical (unpaired) electrons. The van der Waals surface area contributed by atoms with Gasteiger partial charge in [-0.15, -0.1) is 0 Å². The molecule has 1 aromatic heterocycles. The number of hydrogen-bond donors (Lipinski definition) is 1. The van der Waals surface area contributed by atoms with Gasteiger partial charge in [-0.25, -0.2) is 4.39 Å². The quantitative estimate of drug-likeness (QED) is 0.905. The smallest absolute Gasteiger partial charge is 0.138 e. The van der Waals surface area contributed by atoms with Crippen LogP contribution in [0, 0.1) is 5.82 Å². The molecule has 0 amide bonds. The van der Waals surface area contributed by atoms with E-state index in [1.165, 1.54) is 12.1 Å². The second-order valence-electron chi connectivity index (χ2n) is 4.58. The van der Waals surface area contributed by atoms with Crippen LogP contribution in [0.15, 0.2) is 36.7 Å². The molecule has 2 rings (SSSR count). The fraction of sp³-hybridized carbons (Fsp3) is 0.312. The Morgan fingerprint density at radius 3 is 2.80 bits per heavy atom. The van der Waals surface area contributed by atoms with Gasteiger partial charge < -0.3 is 10.1 Å². The van der Waals surface area contributed by atoms with E-state index in [0.717, 1.165) is 16.7 Å². The van der Waals surface area contributed by atoms with Crippen LogP contribution in [0.25, 0.3) is 11.1 Å². The lowest BCUT2D eigenvalue weighted by Gasteiger charge is -2.16. The molecule has 1 heterocycles. The van der Waals surface area contributed by atoms with E-state index < -0.39 is 0 Å². The molecule has 1 aromatic carbocycles. The zero-order valence-corrected chi connectivity index (χ0v) is 12.0. The number of rotatable bonds is 5. The zero-order chi connectivity index (χ0) is 14.5. The number of benzene rings is 1. The molecular weight excluding hydrogens is 255 g/mol. The number of halogens is 1. The molecule has 0 bridgehead atoms. The third kappa shape index (κ3) is 3.14. The van der Waals surface area contributed by atoms with Crippen molar-refractivity contribution in [2.75, 3.05) is 13.7 Å². The second kappa shape index (κ2) is 6.48. The highest BCUT2D eigenvalue weighted by molar-refractivity contribution is 5.68. The first kappa shape index (κ1) is 14.5. The molecule has 0 aliphatic carbocycles. The average Bonchev–Trinajstić information content (AvgIpc) is 2.47. The fourth-order valence-electron chi connectivity index (χ4n) is 2.12. The summed E-state index contributed by atoms with van der Waals surface area (Å²) in [6.45, 7) is 4.54. The third-order valence-corrected chi connectivity index (χ3v) is 3.25. The molecule has 0 spiro atoms. The standard InChI is InChI=1S/C16H19FN2O/c1-4-20-14-7-12(9-19-10-14)16-8-13(17)5-6-15(16)11(2)18-3/h5-11,18H,4H2,1-3H3. The minimum atomic E-state index is -0.256. The molecule has 1 N–H and O–H groups in total. The topological polar surface area (TPSA) is 34.1 Å². The van der Waals surface area contributed by atoms with Crippen LogP contribution in [0.2, 0.25) is 0 Å². The van der Waals surface area contributed by atoms with E-state index in [9.17, 15) is 4.39 Å². The molecule has 1 atom stereocenters. The van der Waals surface area contributed by atoms with Gasteiger partial charge in [0.05, 0.1) is 12.8 Å². The van der Waals surface area contributed by atoms with E-state index in [0.29, 0.717) is 12.4 Å². The van der Waals surface area contributed by atoms with E-state index in [4.69, 9.17) is 4.74 Å². The van der Waals surface area contributed by atoms with Crippen molar-refractivity contribution < 1.29 is 9.13 Å². The Morgan fingerprint density at radius 2 is 2.10 bits per heavy atom. The summed E-state index contributed by atoms with van der Waals surface area (Å²) >= 11 is 0. The van der Waals surface area contributed by atoms with Gasteiger partial charge in [0.1, 0.15) is 11.6 Å². The van der Waals surface area contributed by atoms with E-state index in [1.807, 2.05) is 27.0 Å². The molecule has 106 valence electrons. The number of nitrogens with zero attached hydrogens (tertiary/aromatic N) is 1. The van der Waals surface area contributed by atoms with Crippen molar-refractivity contribution in [1.29, 1.82) is 0 Å². The van der Waals surface area contributed by atoms with E-state index in [2.05, 4.69) is 10.3 Å².